The average molecular weight is 227 g/mol. The normalized spacial score (nSPS) is 14.2. The fraction of sp³-hybridized carbons (Fsp3) is 0.364. The molecule has 88 valence electrons. The Hall–Kier alpha value is -1.62. The number of halogens is 1. The maximum absolute atomic E-state index is 13.7. The lowest BCUT2D eigenvalue weighted by Gasteiger charge is -2.12. The third kappa shape index (κ3) is 3.20. The standard InChI is InChI=1S/C11H14FNO3/c1-16-8-4-2-3-7(5-8)9(12)6-10(13)11(14)15/h2-5,9-10H,6,13H2,1H3,(H,14,15). The molecule has 0 aliphatic rings. The quantitative estimate of drug-likeness (QED) is 0.799. The third-order valence-corrected chi connectivity index (χ3v) is 2.23. The summed E-state index contributed by atoms with van der Waals surface area (Å²) in [6.07, 6.45) is -1.65. The van der Waals surface area contributed by atoms with Crippen LogP contribution in [0.15, 0.2) is 24.3 Å². The van der Waals surface area contributed by atoms with Gasteiger partial charge in [0.05, 0.1) is 7.11 Å². The molecule has 0 heterocycles. The van der Waals surface area contributed by atoms with Crippen molar-refractivity contribution in [3.63, 3.8) is 0 Å². The smallest absolute Gasteiger partial charge is 0.320 e. The first-order chi connectivity index (χ1) is 7.54. The number of carboxylic acids is 1. The zero-order valence-corrected chi connectivity index (χ0v) is 8.89. The van der Waals surface area contributed by atoms with Crippen LogP contribution in [0.3, 0.4) is 0 Å². The van der Waals surface area contributed by atoms with Crippen LogP contribution < -0.4 is 10.5 Å². The summed E-state index contributed by atoms with van der Waals surface area (Å²) in [6, 6.07) is 5.24. The zero-order valence-electron chi connectivity index (χ0n) is 8.89. The molecule has 0 fully saturated rings. The fourth-order valence-corrected chi connectivity index (χ4v) is 1.30. The molecule has 0 aliphatic heterocycles. The van der Waals surface area contributed by atoms with Crippen molar-refractivity contribution in [3.05, 3.63) is 29.8 Å². The Morgan fingerprint density at radius 1 is 1.62 bits per heavy atom. The van der Waals surface area contributed by atoms with Gasteiger partial charge in [0.1, 0.15) is 18.0 Å². The maximum Gasteiger partial charge on any atom is 0.320 e. The second-order valence-corrected chi connectivity index (χ2v) is 3.42. The summed E-state index contributed by atoms with van der Waals surface area (Å²) in [5, 5.41) is 8.56. The van der Waals surface area contributed by atoms with Crippen molar-refractivity contribution in [2.75, 3.05) is 7.11 Å². The number of carboxylic acid groups (broad SMARTS) is 1. The molecule has 4 nitrogen and oxygen atoms in total. The molecule has 1 aromatic carbocycles. The van der Waals surface area contributed by atoms with E-state index in [0.717, 1.165) is 0 Å². The lowest BCUT2D eigenvalue weighted by molar-refractivity contribution is -0.139. The monoisotopic (exact) mass is 227 g/mol. The minimum Gasteiger partial charge on any atom is -0.497 e. The largest absolute Gasteiger partial charge is 0.497 e. The van der Waals surface area contributed by atoms with Crippen LogP contribution in [0.1, 0.15) is 18.2 Å². The van der Waals surface area contributed by atoms with Gasteiger partial charge >= 0.3 is 5.97 Å². The van der Waals surface area contributed by atoms with Gasteiger partial charge in [-0.15, -0.1) is 0 Å². The number of rotatable bonds is 5. The lowest BCUT2D eigenvalue weighted by Crippen LogP contribution is -2.31. The van der Waals surface area contributed by atoms with E-state index in [1.807, 2.05) is 0 Å². The van der Waals surface area contributed by atoms with Crippen LogP contribution in [0.4, 0.5) is 4.39 Å². The number of benzene rings is 1. The van der Waals surface area contributed by atoms with E-state index in [9.17, 15) is 9.18 Å². The van der Waals surface area contributed by atoms with Crippen LogP contribution in [0.25, 0.3) is 0 Å². The second kappa shape index (κ2) is 5.46. The Balaban J connectivity index is 2.72. The molecule has 16 heavy (non-hydrogen) atoms. The van der Waals surface area contributed by atoms with Gasteiger partial charge in [0.25, 0.3) is 0 Å². The molecule has 2 unspecified atom stereocenters. The summed E-state index contributed by atoms with van der Waals surface area (Å²) in [5.41, 5.74) is 5.63. The Bertz CT molecular complexity index is 370. The van der Waals surface area contributed by atoms with E-state index in [4.69, 9.17) is 15.6 Å². The first-order valence-corrected chi connectivity index (χ1v) is 4.81. The Kier molecular flexibility index (Phi) is 4.25. The summed E-state index contributed by atoms with van der Waals surface area (Å²) in [6.45, 7) is 0. The van der Waals surface area contributed by atoms with Crippen molar-refractivity contribution < 1.29 is 19.0 Å². The highest BCUT2D eigenvalue weighted by atomic mass is 19.1. The molecule has 3 N–H and O–H groups in total. The predicted octanol–water partition coefficient (Wildman–Crippen LogP) is 1.51. The van der Waals surface area contributed by atoms with Crippen LogP contribution in [-0.4, -0.2) is 24.2 Å². The SMILES string of the molecule is COc1cccc(C(F)CC(N)C(=O)O)c1. The number of aliphatic carboxylic acids is 1. The number of carbonyl (C=O) groups is 1. The average Bonchev–Trinajstić information content (AvgIpc) is 2.28. The number of ether oxygens (including phenoxy) is 1. The van der Waals surface area contributed by atoms with E-state index in [2.05, 4.69) is 0 Å². The third-order valence-electron chi connectivity index (χ3n) is 2.23. The van der Waals surface area contributed by atoms with Gasteiger partial charge < -0.3 is 15.6 Å². The zero-order chi connectivity index (χ0) is 12.1. The van der Waals surface area contributed by atoms with Crippen molar-refractivity contribution in [3.8, 4) is 5.75 Å². The number of hydrogen-bond donors (Lipinski definition) is 2. The van der Waals surface area contributed by atoms with E-state index in [0.29, 0.717) is 11.3 Å². The highest BCUT2D eigenvalue weighted by Crippen LogP contribution is 2.25. The Morgan fingerprint density at radius 3 is 2.88 bits per heavy atom. The fourth-order valence-electron chi connectivity index (χ4n) is 1.30. The predicted molar refractivity (Wildman–Crippen MR) is 57.1 cm³/mol. The summed E-state index contributed by atoms with van der Waals surface area (Å²) in [4.78, 5) is 10.5. The Labute approximate surface area is 92.8 Å². The van der Waals surface area contributed by atoms with E-state index in [1.54, 1.807) is 18.2 Å². The molecule has 0 spiro atoms. The summed E-state index contributed by atoms with van der Waals surface area (Å²) in [7, 11) is 1.48. The van der Waals surface area contributed by atoms with Crippen molar-refractivity contribution >= 4 is 5.97 Å². The second-order valence-electron chi connectivity index (χ2n) is 3.42. The molecule has 1 rings (SSSR count). The summed E-state index contributed by atoms with van der Waals surface area (Å²) < 4.78 is 18.6. The first-order valence-electron chi connectivity index (χ1n) is 4.81. The molecule has 1 aromatic rings. The van der Waals surface area contributed by atoms with Crippen molar-refractivity contribution in [1.82, 2.24) is 0 Å². The minimum absolute atomic E-state index is 0.248. The molecule has 0 saturated heterocycles. The van der Waals surface area contributed by atoms with E-state index >= 15 is 0 Å². The molecule has 0 aliphatic carbocycles. The highest BCUT2D eigenvalue weighted by molar-refractivity contribution is 5.73. The molecule has 0 aromatic heterocycles. The number of hydrogen-bond acceptors (Lipinski definition) is 3. The van der Waals surface area contributed by atoms with Gasteiger partial charge in [-0.05, 0) is 17.7 Å². The molecule has 2 atom stereocenters. The van der Waals surface area contributed by atoms with Crippen molar-refractivity contribution in [1.29, 1.82) is 0 Å². The number of nitrogens with two attached hydrogens (primary N) is 1. The first kappa shape index (κ1) is 12.4. The van der Waals surface area contributed by atoms with Gasteiger partial charge in [-0.25, -0.2) is 4.39 Å². The van der Waals surface area contributed by atoms with Gasteiger partial charge in [-0.1, -0.05) is 12.1 Å². The van der Waals surface area contributed by atoms with Gasteiger partial charge in [0.2, 0.25) is 0 Å². The molecule has 0 bridgehead atoms. The molecular weight excluding hydrogens is 213 g/mol. The minimum atomic E-state index is -1.40. The van der Waals surface area contributed by atoms with Gasteiger partial charge in [-0.2, -0.15) is 0 Å². The maximum atomic E-state index is 13.7. The van der Waals surface area contributed by atoms with Gasteiger partial charge in [0.15, 0.2) is 0 Å². The van der Waals surface area contributed by atoms with Crippen LogP contribution in [-0.2, 0) is 4.79 Å². The van der Waals surface area contributed by atoms with E-state index in [-0.39, 0.29) is 6.42 Å². The van der Waals surface area contributed by atoms with Crippen molar-refractivity contribution in [2.24, 2.45) is 5.73 Å². The topological polar surface area (TPSA) is 72.5 Å². The molecule has 5 heteroatoms. The van der Waals surface area contributed by atoms with Crippen LogP contribution in [0.5, 0.6) is 5.75 Å². The van der Waals surface area contributed by atoms with Crippen LogP contribution in [0, 0.1) is 0 Å². The van der Waals surface area contributed by atoms with Crippen LogP contribution >= 0.6 is 0 Å². The van der Waals surface area contributed by atoms with Crippen molar-refractivity contribution in [2.45, 2.75) is 18.6 Å². The molecular formula is C11H14FNO3. The van der Waals surface area contributed by atoms with Crippen LogP contribution in [0.2, 0.25) is 0 Å². The Morgan fingerprint density at radius 2 is 2.31 bits per heavy atom. The summed E-state index contributed by atoms with van der Waals surface area (Å²) in [5.74, 6) is -0.672. The highest BCUT2D eigenvalue weighted by Gasteiger charge is 2.19. The van der Waals surface area contributed by atoms with E-state index in [1.165, 1.54) is 13.2 Å². The molecule has 0 amide bonds. The lowest BCUT2D eigenvalue weighted by atomic mass is 10.0. The molecule has 0 radical (unpaired) electrons. The number of alkyl halides is 1. The molecule has 0 saturated carbocycles. The van der Waals surface area contributed by atoms with Gasteiger partial charge in [0, 0.05) is 6.42 Å². The summed E-state index contributed by atoms with van der Waals surface area (Å²) >= 11 is 0. The van der Waals surface area contributed by atoms with E-state index < -0.39 is 18.2 Å². The van der Waals surface area contributed by atoms with Gasteiger partial charge in [-0.3, -0.25) is 4.79 Å². The number of methoxy groups -OCH3 is 1.